The molecule has 2 N–H and O–H groups in total. The summed E-state index contributed by atoms with van der Waals surface area (Å²) in [5, 5.41) is 20.4. The van der Waals surface area contributed by atoms with Crippen LogP contribution < -0.4 is 0 Å². The molecule has 6 heteroatoms. The van der Waals surface area contributed by atoms with Crippen LogP contribution in [0.15, 0.2) is 83.6 Å². The van der Waals surface area contributed by atoms with Crippen LogP contribution in [-0.4, -0.2) is 24.6 Å². The molecule has 0 aliphatic carbocycles. The predicted molar refractivity (Wildman–Crippen MR) is 109 cm³/mol. The molecule has 142 valence electrons. The molecule has 0 amide bonds. The summed E-state index contributed by atoms with van der Waals surface area (Å²) >= 11 is 0. The van der Waals surface area contributed by atoms with Crippen LogP contribution in [0, 0.1) is 0 Å². The number of rotatable bonds is 4. The minimum absolute atomic E-state index is 0.00769. The van der Waals surface area contributed by atoms with Crippen molar-refractivity contribution in [3.8, 4) is 34.3 Å². The molecule has 3 aromatic heterocycles. The average molecular weight is 383 g/mol. The summed E-state index contributed by atoms with van der Waals surface area (Å²) in [7, 11) is 0. The molecule has 2 aromatic carbocycles. The normalized spacial score (nSPS) is 11.2. The molecule has 0 spiro atoms. The smallest absolute Gasteiger partial charge is 0.227 e. The number of hydrogen-bond donors (Lipinski definition) is 2. The van der Waals surface area contributed by atoms with E-state index >= 15 is 0 Å². The topological polar surface area (TPSA) is 83.8 Å². The minimum Gasteiger partial charge on any atom is -0.508 e. The molecule has 5 aromatic rings. The van der Waals surface area contributed by atoms with E-state index < -0.39 is 0 Å². The second-order valence-corrected chi connectivity index (χ2v) is 6.74. The monoisotopic (exact) mass is 383 g/mol. The molecule has 0 aliphatic rings. The molecule has 5 rings (SSSR count). The first-order chi connectivity index (χ1) is 14.2. The van der Waals surface area contributed by atoms with Gasteiger partial charge in [-0.1, -0.05) is 30.3 Å². The molecule has 0 bridgehead atoms. The maximum atomic E-state index is 10.8. The highest BCUT2D eigenvalue weighted by Crippen LogP contribution is 2.33. The van der Waals surface area contributed by atoms with E-state index in [4.69, 9.17) is 9.40 Å². The summed E-state index contributed by atoms with van der Waals surface area (Å²) in [6.07, 6.45) is 3.85. The fourth-order valence-corrected chi connectivity index (χ4v) is 3.35. The summed E-state index contributed by atoms with van der Waals surface area (Å²) in [6.45, 7) is 0. The van der Waals surface area contributed by atoms with Crippen LogP contribution in [0.2, 0.25) is 0 Å². The number of fused-ring (bicyclic) bond motifs is 1. The lowest BCUT2D eigenvalue weighted by molar-refractivity contribution is 0.447. The predicted octanol–water partition coefficient (Wildman–Crippen LogP) is 4.66. The average Bonchev–Trinajstić information content (AvgIpc) is 3.38. The molecular weight excluding hydrogens is 366 g/mol. The maximum Gasteiger partial charge on any atom is 0.227 e. The van der Waals surface area contributed by atoms with Gasteiger partial charge in [-0.15, -0.1) is 0 Å². The van der Waals surface area contributed by atoms with Crippen LogP contribution >= 0.6 is 0 Å². The van der Waals surface area contributed by atoms with Crippen molar-refractivity contribution in [2.75, 3.05) is 0 Å². The molecule has 0 radical (unpaired) electrons. The van der Waals surface area contributed by atoms with Crippen molar-refractivity contribution in [1.82, 2.24) is 14.4 Å². The van der Waals surface area contributed by atoms with Gasteiger partial charge in [0.15, 0.2) is 17.1 Å². The second kappa shape index (κ2) is 6.83. The van der Waals surface area contributed by atoms with Gasteiger partial charge in [-0.3, -0.25) is 4.40 Å². The Labute approximate surface area is 166 Å². The Morgan fingerprint density at radius 3 is 2.38 bits per heavy atom. The number of hydrogen-bond acceptors (Lipinski definition) is 5. The summed E-state index contributed by atoms with van der Waals surface area (Å²) in [6, 6.07) is 20.3. The maximum absolute atomic E-state index is 10.8. The molecule has 0 aliphatic heterocycles. The Bertz CT molecular complexity index is 1270. The highest BCUT2D eigenvalue weighted by atomic mass is 16.3. The van der Waals surface area contributed by atoms with Crippen molar-refractivity contribution in [3.63, 3.8) is 0 Å². The molecule has 0 fully saturated rings. The van der Waals surface area contributed by atoms with E-state index in [1.165, 1.54) is 0 Å². The van der Waals surface area contributed by atoms with E-state index in [0.717, 1.165) is 16.8 Å². The van der Waals surface area contributed by atoms with Crippen molar-refractivity contribution in [3.05, 3.63) is 90.4 Å². The lowest BCUT2D eigenvalue weighted by Gasteiger charge is -2.08. The first-order valence-corrected chi connectivity index (χ1v) is 9.17. The first-order valence-electron chi connectivity index (χ1n) is 9.17. The van der Waals surface area contributed by atoms with Crippen molar-refractivity contribution in [2.45, 2.75) is 6.42 Å². The van der Waals surface area contributed by atoms with Gasteiger partial charge in [-0.2, -0.15) is 0 Å². The van der Waals surface area contributed by atoms with Crippen molar-refractivity contribution in [1.29, 1.82) is 0 Å². The molecule has 0 atom stereocenters. The second-order valence-electron chi connectivity index (χ2n) is 6.74. The lowest BCUT2D eigenvalue weighted by atomic mass is 10.1. The fourth-order valence-electron chi connectivity index (χ4n) is 3.35. The molecule has 6 nitrogen and oxygen atoms in total. The van der Waals surface area contributed by atoms with E-state index in [2.05, 4.69) is 4.98 Å². The number of furan rings is 1. The van der Waals surface area contributed by atoms with Crippen LogP contribution in [0.1, 0.15) is 11.3 Å². The van der Waals surface area contributed by atoms with E-state index in [0.29, 0.717) is 29.2 Å². The van der Waals surface area contributed by atoms with E-state index in [9.17, 15) is 10.2 Å². The largest absolute Gasteiger partial charge is 0.508 e. The van der Waals surface area contributed by atoms with Crippen molar-refractivity contribution >= 4 is 5.65 Å². The van der Waals surface area contributed by atoms with Crippen LogP contribution in [0.3, 0.4) is 0 Å². The van der Waals surface area contributed by atoms with Crippen LogP contribution in [0.5, 0.6) is 11.6 Å². The van der Waals surface area contributed by atoms with Gasteiger partial charge >= 0.3 is 0 Å². The molecule has 0 saturated carbocycles. The van der Waals surface area contributed by atoms with Crippen LogP contribution in [0.25, 0.3) is 28.4 Å². The van der Waals surface area contributed by atoms with E-state index in [1.54, 1.807) is 53.3 Å². The lowest BCUT2D eigenvalue weighted by Crippen LogP contribution is -2.00. The van der Waals surface area contributed by atoms with Gasteiger partial charge in [-0.05, 0) is 42.0 Å². The highest BCUT2D eigenvalue weighted by molar-refractivity contribution is 5.69. The Morgan fingerprint density at radius 2 is 1.66 bits per heavy atom. The van der Waals surface area contributed by atoms with Crippen molar-refractivity contribution in [2.24, 2.45) is 0 Å². The summed E-state index contributed by atoms with van der Waals surface area (Å²) < 4.78 is 7.06. The van der Waals surface area contributed by atoms with Gasteiger partial charge in [0.2, 0.25) is 5.88 Å². The zero-order valence-corrected chi connectivity index (χ0v) is 15.4. The summed E-state index contributed by atoms with van der Waals surface area (Å²) in [5.74, 6) is 0.666. The third kappa shape index (κ3) is 3.10. The number of imidazole rings is 1. The van der Waals surface area contributed by atoms with Gasteiger partial charge in [0.25, 0.3) is 0 Å². The molecule has 3 heterocycles. The Balaban J connectivity index is 1.72. The van der Waals surface area contributed by atoms with Gasteiger partial charge in [0, 0.05) is 18.2 Å². The Morgan fingerprint density at radius 1 is 0.862 bits per heavy atom. The number of phenolic OH excluding ortho intramolecular Hbond substituents is 1. The third-order valence-corrected chi connectivity index (χ3v) is 4.78. The van der Waals surface area contributed by atoms with Gasteiger partial charge < -0.3 is 14.6 Å². The van der Waals surface area contributed by atoms with Crippen LogP contribution in [0.4, 0.5) is 0 Å². The third-order valence-electron chi connectivity index (χ3n) is 4.78. The number of nitrogens with zero attached hydrogens (tertiary/aromatic N) is 3. The van der Waals surface area contributed by atoms with E-state index in [-0.39, 0.29) is 11.6 Å². The molecule has 0 unspecified atom stereocenters. The first kappa shape index (κ1) is 17.1. The van der Waals surface area contributed by atoms with Crippen molar-refractivity contribution < 1.29 is 14.6 Å². The zero-order chi connectivity index (χ0) is 19.8. The number of aromatic nitrogens is 3. The fraction of sp³-hybridized carbons (Fsp3) is 0.0435. The number of benzene rings is 2. The van der Waals surface area contributed by atoms with Gasteiger partial charge in [0.1, 0.15) is 5.75 Å². The quantitative estimate of drug-likeness (QED) is 0.472. The number of aromatic hydroxyl groups is 2. The summed E-state index contributed by atoms with van der Waals surface area (Å²) in [5.41, 5.74) is 4.25. The SMILES string of the molecule is Oc1ccc(-c2cn3c(O)c(-c4ccco4)nc3c(Cc3ccccc3)n2)cc1. The minimum atomic E-state index is -0.00769. The van der Waals surface area contributed by atoms with Crippen LogP contribution in [-0.2, 0) is 6.42 Å². The Kier molecular flexibility index (Phi) is 4.02. The summed E-state index contributed by atoms with van der Waals surface area (Å²) in [4.78, 5) is 9.44. The Hall–Kier alpha value is -4.06. The van der Waals surface area contributed by atoms with Gasteiger partial charge in [-0.25, -0.2) is 9.97 Å². The van der Waals surface area contributed by atoms with E-state index in [1.807, 2.05) is 30.3 Å². The molecular formula is C23H17N3O3. The standard InChI is InChI=1S/C23H17N3O3/c27-17-10-8-16(9-11-17)19-14-26-22(18(24-19)13-15-5-2-1-3-6-15)25-21(23(26)28)20-7-4-12-29-20/h1-12,14,27-28H,13H2. The number of phenols is 1. The highest BCUT2D eigenvalue weighted by Gasteiger charge is 2.20. The molecule has 0 saturated heterocycles. The zero-order valence-electron chi connectivity index (χ0n) is 15.4. The molecule has 29 heavy (non-hydrogen) atoms. The van der Waals surface area contributed by atoms with Gasteiger partial charge in [0.05, 0.1) is 17.7 Å².